The molecule has 1 aliphatic carbocycles. The maximum atomic E-state index is 5.41. The van der Waals surface area contributed by atoms with Crippen LogP contribution in [0.2, 0.25) is 0 Å². The van der Waals surface area contributed by atoms with E-state index in [1.54, 1.807) is 7.11 Å². The van der Waals surface area contributed by atoms with E-state index in [4.69, 9.17) is 9.57 Å². The molecule has 3 heteroatoms. The Kier molecular flexibility index (Phi) is 4.40. The van der Waals surface area contributed by atoms with E-state index in [1.165, 1.54) is 17.5 Å². The molecule has 0 aromatic heterocycles. The van der Waals surface area contributed by atoms with Crippen molar-refractivity contribution in [1.29, 1.82) is 0 Å². The molecule has 0 saturated heterocycles. The van der Waals surface area contributed by atoms with E-state index in [0.29, 0.717) is 5.92 Å². The van der Waals surface area contributed by atoms with Crippen molar-refractivity contribution in [3.05, 3.63) is 29.3 Å². The smallest absolute Gasteiger partial charge is 0.122 e. The molecule has 1 unspecified atom stereocenters. The fourth-order valence-corrected chi connectivity index (χ4v) is 2.49. The molecule has 1 atom stereocenters. The van der Waals surface area contributed by atoms with Crippen LogP contribution >= 0.6 is 0 Å². The molecule has 1 aromatic carbocycles. The number of fused-ring (bicyclic) bond motifs is 1. The van der Waals surface area contributed by atoms with Gasteiger partial charge in [-0.15, -0.1) is 0 Å². The van der Waals surface area contributed by atoms with E-state index in [1.807, 2.05) is 6.92 Å². The first-order chi connectivity index (χ1) is 8.35. The van der Waals surface area contributed by atoms with Crippen molar-refractivity contribution in [3.8, 4) is 5.75 Å². The van der Waals surface area contributed by atoms with Gasteiger partial charge in [-0.3, -0.25) is 0 Å². The summed E-state index contributed by atoms with van der Waals surface area (Å²) < 4.78 is 5.41. The first kappa shape index (κ1) is 12.4. The van der Waals surface area contributed by atoms with Gasteiger partial charge in [-0.05, 0) is 49.3 Å². The molecule has 1 aliphatic rings. The Morgan fingerprint density at radius 1 is 1.41 bits per heavy atom. The lowest BCUT2D eigenvalue weighted by Gasteiger charge is -2.25. The number of hydrogen-bond acceptors (Lipinski definition) is 3. The molecule has 0 spiro atoms. The Bertz CT molecular complexity index is 365. The third-order valence-electron chi connectivity index (χ3n) is 3.38. The molecule has 94 valence electrons. The van der Waals surface area contributed by atoms with Gasteiger partial charge >= 0.3 is 0 Å². The average molecular weight is 235 g/mol. The Balaban J connectivity index is 1.99. The molecule has 0 heterocycles. The van der Waals surface area contributed by atoms with Crippen LogP contribution in [0.4, 0.5) is 0 Å². The first-order valence-corrected chi connectivity index (χ1v) is 6.34. The second-order valence-corrected chi connectivity index (χ2v) is 4.49. The lowest BCUT2D eigenvalue weighted by Crippen LogP contribution is -2.27. The minimum atomic E-state index is 0.668. The predicted molar refractivity (Wildman–Crippen MR) is 68.1 cm³/mol. The van der Waals surface area contributed by atoms with Crippen molar-refractivity contribution in [3.63, 3.8) is 0 Å². The van der Waals surface area contributed by atoms with Crippen molar-refractivity contribution < 1.29 is 9.57 Å². The van der Waals surface area contributed by atoms with Crippen molar-refractivity contribution in [2.24, 2.45) is 5.92 Å². The Morgan fingerprint density at radius 3 is 3.06 bits per heavy atom. The zero-order chi connectivity index (χ0) is 12.1. The van der Waals surface area contributed by atoms with Gasteiger partial charge in [0.1, 0.15) is 5.75 Å². The zero-order valence-electron chi connectivity index (χ0n) is 10.7. The Labute approximate surface area is 103 Å². The van der Waals surface area contributed by atoms with Gasteiger partial charge in [0, 0.05) is 6.54 Å². The number of rotatable bonds is 5. The molecular weight excluding hydrogens is 214 g/mol. The maximum Gasteiger partial charge on any atom is 0.122 e. The molecule has 17 heavy (non-hydrogen) atoms. The van der Waals surface area contributed by atoms with Crippen molar-refractivity contribution >= 4 is 0 Å². The van der Waals surface area contributed by atoms with Gasteiger partial charge in [-0.2, -0.15) is 0 Å². The van der Waals surface area contributed by atoms with E-state index >= 15 is 0 Å². The maximum absolute atomic E-state index is 5.41. The predicted octanol–water partition coefficient (Wildman–Crippen LogP) is 2.34. The van der Waals surface area contributed by atoms with Crippen LogP contribution in [0.3, 0.4) is 0 Å². The number of methoxy groups -OCH3 is 1. The summed E-state index contributed by atoms with van der Waals surface area (Å²) in [6.45, 7) is 3.65. The van der Waals surface area contributed by atoms with Crippen molar-refractivity contribution in [1.82, 2.24) is 5.48 Å². The Hall–Kier alpha value is -1.06. The van der Waals surface area contributed by atoms with Crippen LogP contribution in [0.25, 0.3) is 0 Å². The summed E-state index contributed by atoms with van der Waals surface area (Å²) in [5, 5.41) is 0. The third kappa shape index (κ3) is 2.99. The van der Waals surface area contributed by atoms with Gasteiger partial charge in [0.15, 0.2) is 0 Å². The van der Waals surface area contributed by atoms with Crippen LogP contribution in [0.1, 0.15) is 24.5 Å². The number of nitrogens with one attached hydrogen (secondary N) is 1. The monoisotopic (exact) mass is 235 g/mol. The number of hydroxylamine groups is 1. The molecule has 2 rings (SSSR count). The van der Waals surface area contributed by atoms with E-state index in [2.05, 4.69) is 23.7 Å². The highest BCUT2D eigenvalue weighted by Crippen LogP contribution is 2.31. The van der Waals surface area contributed by atoms with Crippen LogP contribution in [-0.2, 0) is 17.7 Å². The third-order valence-corrected chi connectivity index (χ3v) is 3.38. The number of benzene rings is 1. The first-order valence-electron chi connectivity index (χ1n) is 6.34. The summed E-state index contributed by atoms with van der Waals surface area (Å²) in [7, 11) is 1.75. The molecule has 3 nitrogen and oxygen atoms in total. The standard InChI is InChI=1S/C14H21NO2/c1-3-17-15-10-11-7-8-13-12(9-11)5-4-6-14(13)16-2/h4-6,11,15H,3,7-10H2,1-2H3. The summed E-state index contributed by atoms with van der Waals surface area (Å²) in [5.41, 5.74) is 5.85. The molecule has 0 aliphatic heterocycles. The topological polar surface area (TPSA) is 30.5 Å². The molecule has 0 fully saturated rings. The fraction of sp³-hybridized carbons (Fsp3) is 0.571. The van der Waals surface area contributed by atoms with Gasteiger partial charge in [0.05, 0.1) is 13.7 Å². The largest absolute Gasteiger partial charge is 0.496 e. The van der Waals surface area contributed by atoms with Gasteiger partial charge in [-0.25, -0.2) is 5.48 Å². The highest BCUT2D eigenvalue weighted by Gasteiger charge is 2.20. The summed E-state index contributed by atoms with van der Waals surface area (Å²) in [5.74, 6) is 1.71. The molecule has 0 saturated carbocycles. The molecule has 0 radical (unpaired) electrons. The summed E-state index contributed by atoms with van der Waals surface area (Å²) in [4.78, 5) is 5.19. The Morgan fingerprint density at radius 2 is 2.29 bits per heavy atom. The fourth-order valence-electron chi connectivity index (χ4n) is 2.49. The summed E-state index contributed by atoms with van der Waals surface area (Å²) in [6.07, 6.45) is 3.43. The minimum Gasteiger partial charge on any atom is -0.496 e. The van der Waals surface area contributed by atoms with Crippen LogP contribution < -0.4 is 10.2 Å². The SMILES string of the molecule is CCONCC1CCc2c(cccc2OC)C1. The van der Waals surface area contributed by atoms with Crippen molar-refractivity contribution in [2.75, 3.05) is 20.3 Å². The lowest BCUT2D eigenvalue weighted by molar-refractivity contribution is 0.0401. The van der Waals surface area contributed by atoms with Crippen LogP contribution in [0.15, 0.2) is 18.2 Å². The summed E-state index contributed by atoms with van der Waals surface area (Å²) >= 11 is 0. The van der Waals surface area contributed by atoms with Gasteiger partial charge in [-0.1, -0.05) is 12.1 Å². The highest BCUT2D eigenvalue weighted by molar-refractivity contribution is 5.41. The number of hydrogen-bond donors (Lipinski definition) is 1. The van der Waals surface area contributed by atoms with Crippen LogP contribution in [0.5, 0.6) is 5.75 Å². The molecule has 0 bridgehead atoms. The van der Waals surface area contributed by atoms with E-state index in [9.17, 15) is 0 Å². The van der Waals surface area contributed by atoms with Gasteiger partial charge in [0.2, 0.25) is 0 Å². The number of ether oxygens (including phenoxy) is 1. The van der Waals surface area contributed by atoms with Crippen LogP contribution in [0, 0.1) is 5.92 Å². The molecule has 0 amide bonds. The second-order valence-electron chi connectivity index (χ2n) is 4.49. The van der Waals surface area contributed by atoms with Gasteiger partial charge < -0.3 is 9.57 Å². The zero-order valence-corrected chi connectivity index (χ0v) is 10.7. The highest BCUT2D eigenvalue weighted by atomic mass is 16.6. The van der Waals surface area contributed by atoms with E-state index in [-0.39, 0.29) is 0 Å². The quantitative estimate of drug-likeness (QED) is 0.627. The second kappa shape index (κ2) is 6.03. The van der Waals surface area contributed by atoms with Crippen LogP contribution in [-0.4, -0.2) is 20.3 Å². The van der Waals surface area contributed by atoms with Gasteiger partial charge in [0.25, 0.3) is 0 Å². The van der Waals surface area contributed by atoms with E-state index in [0.717, 1.165) is 31.7 Å². The molecule has 1 N–H and O–H groups in total. The van der Waals surface area contributed by atoms with E-state index < -0.39 is 0 Å². The van der Waals surface area contributed by atoms with Crippen molar-refractivity contribution in [2.45, 2.75) is 26.2 Å². The lowest BCUT2D eigenvalue weighted by atomic mass is 9.83. The minimum absolute atomic E-state index is 0.668. The normalized spacial score (nSPS) is 18.8. The molecular formula is C14H21NO2. The summed E-state index contributed by atoms with van der Waals surface area (Å²) in [6, 6.07) is 6.35. The average Bonchev–Trinajstić information content (AvgIpc) is 2.38. The molecule has 1 aromatic rings.